The molecular formula is C29H35FN4O3. The molecule has 7 nitrogen and oxygen atoms in total. The van der Waals surface area contributed by atoms with E-state index in [4.69, 9.17) is 10.5 Å². The average Bonchev–Trinajstić information content (AvgIpc) is 3.26. The number of pyridine rings is 1. The van der Waals surface area contributed by atoms with Gasteiger partial charge in [-0.3, -0.25) is 9.69 Å². The van der Waals surface area contributed by atoms with Crippen molar-refractivity contribution in [2.45, 2.75) is 51.8 Å². The molecule has 5 aliphatic rings. The summed E-state index contributed by atoms with van der Waals surface area (Å²) in [5, 5.41) is 3.50. The molecule has 3 N–H and O–H groups in total. The van der Waals surface area contributed by atoms with Crippen molar-refractivity contribution in [3.05, 3.63) is 62.3 Å². The van der Waals surface area contributed by atoms with Gasteiger partial charge in [0.15, 0.2) is 0 Å². The molecule has 1 saturated carbocycles. The summed E-state index contributed by atoms with van der Waals surface area (Å²) in [6.07, 6.45) is 2.81. The summed E-state index contributed by atoms with van der Waals surface area (Å²) in [7, 11) is 1.56. The van der Waals surface area contributed by atoms with E-state index in [1.54, 1.807) is 17.7 Å². The molecule has 2 saturated heterocycles. The molecule has 8 heteroatoms. The first-order valence-electron chi connectivity index (χ1n) is 13.3. The molecule has 0 radical (unpaired) electrons. The van der Waals surface area contributed by atoms with Gasteiger partial charge in [0.25, 0.3) is 5.56 Å². The molecule has 5 heterocycles. The number of nitrogens with zero attached hydrogens (tertiary/aromatic N) is 2. The van der Waals surface area contributed by atoms with Crippen molar-refractivity contribution >= 4 is 23.2 Å². The monoisotopic (exact) mass is 506 g/mol. The smallest absolute Gasteiger partial charge is 0.256 e. The van der Waals surface area contributed by atoms with Gasteiger partial charge in [-0.15, -0.1) is 0 Å². The van der Waals surface area contributed by atoms with Crippen LogP contribution in [0.3, 0.4) is 0 Å². The van der Waals surface area contributed by atoms with Gasteiger partial charge < -0.3 is 25.1 Å². The summed E-state index contributed by atoms with van der Waals surface area (Å²) in [5.41, 5.74) is 11.9. The van der Waals surface area contributed by atoms with Crippen LogP contribution < -0.4 is 16.6 Å². The summed E-state index contributed by atoms with van der Waals surface area (Å²) < 4.78 is 21.8. The number of fused-ring (bicyclic) bond motifs is 6. The maximum absolute atomic E-state index is 14.6. The summed E-state index contributed by atoms with van der Waals surface area (Å²) in [4.78, 5) is 28.2. The number of aromatic nitrogens is 1. The summed E-state index contributed by atoms with van der Waals surface area (Å²) in [6, 6.07) is 4.92. The lowest BCUT2D eigenvalue weighted by atomic mass is 9.62. The number of halogens is 1. The fourth-order valence-electron chi connectivity index (χ4n) is 7.06. The average molecular weight is 507 g/mol. The van der Waals surface area contributed by atoms with E-state index < -0.39 is 5.82 Å². The lowest BCUT2D eigenvalue weighted by Crippen LogP contribution is -2.54. The Bertz CT molecular complexity index is 1350. The molecule has 37 heavy (non-hydrogen) atoms. The number of aldehydes is 1. The minimum atomic E-state index is -0.458. The topological polar surface area (TPSA) is 89.6 Å². The van der Waals surface area contributed by atoms with Gasteiger partial charge in [-0.25, -0.2) is 4.39 Å². The molecule has 2 aromatic rings. The molecule has 0 spiro atoms. The van der Waals surface area contributed by atoms with Crippen LogP contribution in [-0.2, 0) is 22.7 Å². The molecule has 4 aliphatic heterocycles. The Balaban J connectivity index is 1.48. The van der Waals surface area contributed by atoms with Gasteiger partial charge in [0.2, 0.25) is 0 Å². The third-order valence-electron chi connectivity index (χ3n) is 9.34. The Kier molecular flexibility index (Phi) is 5.99. The van der Waals surface area contributed by atoms with Crippen LogP contribution in [0.1, 0.15) is 61.0 Å². The lowest BCUT2D eigenvalue weighted by Gasteiger charge is -2.53. The van der Waals surface area contributed by atoms with Gasteiger partial charge in [-0.05, 0) is 65.5 Å². The minimum Gasteiger partial charge on any atom is -0.396 e. The normalized spacial score (nSPS) is 26.6. The van der Waals surface area contributed by atoms with Crippen LogP contribution in [0, 0.1) is 23.6 Å². The Morgan fingerprint density at radius 1 is 1.27 bits per heavy atom. The van der Waals surface area contributed by atoms with Crippen molar-refractivity contribution in [3.8, 4) is 0 Å². The van der Waals surface area contributed by atoms with Crippen LogP contribution in [0.15, 0.2) is 28.6 Å². The largest absolute Gasteiger partial charge is 0.396 e. The zero-order chi connectivity index (χ0) is 26.0. The second-order valence-corrected chi connectivity index (χ2v) is 11.3. The first-order valence-corrected chi connectivity index (χ1v) is 13.3. The van der Waals surface area contributed by atoms with Crippen LogP contribution >= 0.6 is 0 Å². The van der Waals surface area contributed by atoms with Gasteiger partial charge >= 0.3 is 0 Å². The van der Waals surface area contributed by atoms with Crippen molar-refractivity contribution in [1.82, 2.24) is 9.47 Å². The predicted molar refractivity (Wildman–Crippen MR) is 142 cm³/mol. The molecule has 4 atom stereocenters. The van der Waals surface area contributed by atoms with E-state index in [0.29, 0.717) is 24.2 Å². The first kappa shape index (κ1) is 24.4. The Hall–Kier alpha value is -2.97. The highest BCUT2D eigenvalue weighted by Crippen LogP contribution is 2.49. The van der Waals surface area contributed by atoms with Crippen LogP contribution in [0.2, 0.25) is 0 Å². The minimum absolute atomic E-state index is 0.125. The van der Waals surface area contributed by atoms with E-state index >= 15 is 0 Å². The fourth-order valence-corrected chi connectivity index (χ4v) is 7.06. The van der Waals surface area contributed by atoms with E-state index in [2.05, 4.69) is 17.1 Å². The molecule has 4 unspecified atom stereocenters. The summed E-state index contributed by atoms with van der Waals surface area (Å²) in [6.45, 7) is 7.77. The molecule has 3 fully saturated rings. The molecule has 0 amide bonds. The molecular weight excluding hydrogens is 471 g/mol. The Labute approximate surface area is 216 Å². The van der Waals surface area contributed by atoms with Crippen molar-refractivity contribution < 1.29 is 13.9 Å². The summed E-state index contributed by atoms with van der Waals surface area (Å²) in [5.74, 6) is 1.41. The highest BCUT2D eigenvalue weighted by molar-refractivity contribution is 5.86. The number of piperidine rings is 2. The molecule has 2 bridgehead atoms. The third-order valence-corrected chi connectivity index (χ3v) is 9.34. The fraction of sp³-hybridized carbons (Fsp3) is 0.517. The van der Waals surface area contributed by atoms with Crippen LogP contribution in [0.5, 0.6) is 0 Å². The highest BCUT2D eigenvalue weighted by Gasteiger charge is 2.45. The van der Waals surface area contributed by atoms with E-state index in [0.717, 1.165) is 71.6 Å². The number of nitrogens with one attached hydrogen (secondary N) is 1. The number of methoxy groups -OCH3 is 1. The Morgan fingerprint density at radius 3 is 2.68 bits per heavy atom. The third kappa shape index (κ3) is 3.76. The number of carbonyl (C=O) groups is 1. The van der Waals surface area contributed by atoms with Gasteiger partial charge in [0.05, 0.1) is 18.3 Å². The zero-order valence-electron chi connectivity index (χ0n) is 21.7. The number of nitrogen functional groups attached to an aromatic ring is 1. The number of carbonyl (C=O) groups excluding carboxylic acids is 1. The van der Waals surface area contributed by atoms with E-state index in [-0.39, 0.29) is 29.8 Å². The van der Waals surface area contributed by atoms with Crippen LogP contribution in [0.25, 0.3) is 5.57 Å². The predicted octanol–water partition coefficient (Wildman–Crippen LogP) is 3.93. The maximum atomic E-state index is 14.6. The number of anilines is 2. The van der Waals surface area contributed by atoms with E-state index in [1.165, 1.54) is 12.5 Å². The molecule has 1 aliphatic carbocycles. The van der Waals surface area contributed by atoms with Crippen molar-refractivity contribution in [1.29, 1.82) is 0 Å². The van der Waals surface area contributed by atoms with E-state index in [9.17, 15) is 14.0 Å². The van der Waals surface area contributed by atoms with Crippen molar-refractivity contribution in [2.24, 2.45) is 17.8 Å². The second kappa shape index (κ2) is 9.10. The number of nitrogens with two attached hydrogens (primary N) is 1. The van der Waals surface area contributed by atoms with Crippen molar-refractivity contribution in [3.63, 3.8) is 0 Å². The number of hydrogen-bond acceptors (Lipinski definition) is 6. The highest BCUT2D eigenvalue weighted by atomic mass is 19.1. The number of benzene rings is 1. The first-order chi connectivity index (χ1) is 17.8. The van der Waals surface area contributed by atoms with Crippen LogP contribution in [0.4, 0.5) is 15.8 Å². The standard InChI is InChI=1S/C29H35FN4O3/c1-4-16(13-35)19-7-27-28-22(12-34(27)29(36)23(19)14-37-3)21(11-33-9-17-5-18(10-33)15(17)2)20-6-25(31)24(30)8-26(20)32-28/h6-8,13,15-18,28,32H,4-5,9-12,14,31H2,1-3H3. The van der Waals surface area contributed by atoms with Crippen molar-refractivity contribution in [2.75, 3.05) is 37.8 Å². The SMILES string of the molecule is CCC(C=O)c1cc2n(c(=O)c1COC)CC1=C(CN3CC4CC(C3)C4C)c3cc(N)c(F)cc3NC12. The van der Waals surface area contributed by atoms with Crippen LogP contribution in [-0.4, -0.2) is 42.5 Å². The number of ether oxygens (including phenoxy) is 1. The number of rotatable bonds is 7. The lowest BCUT2D eigenvalue weighted by molar-refractivity contribution is -0.109. The Morgan fingerprint density at radius 2 is 2.03 bits per heavy atom. The quantitative estimate of drug-likeness (QED) is 0.437. The van der Waals surface area contributed by atoms with Gasteiger partial charge in [0, 0.05) is 61.7 Å². The zero-order valence-corrected chi connectivity index (χ0v) is 21.7. The van der Waals surface area contributed by atoms with Gasteiger partial charge in [0.1, 0.15) is 12.1 Å². The van der Waals surface area contributed by atoms with E-state index in [1.807, 2.05) is 13.0 Å². The molecule has 196 valence electrons. The maximum Gasteiger partial charge on any atom is 0.256 e. The number of hydrogen-bond donors (Lipinski definition) is 2. The summed E-state index contributed by atoms with van der Waals surface area (Å²) >= 11 is 0. The van der Waals surface area contributed by atoms with Gasteiger partial charge in [-0.1, -0.05) is 13.8 Å². The second-order valence-electron chi connectivity index (χ2n) is 11.3. The van der Waals surface area contributed by atoms with Gasteiger partial charge in [-0.2, -0.15) is 0 Å². The molecule has 1 aromatic carbocycles. The molecule has 7 rings (SSSR count). The molecule has 1 aromatic heterocycles.